The average Bonchev–Trinajstić information content (AvgIpc) is 2.60. The molecular formula is C11H14BrNO2S. The van der Waals surface area contributed by atoms with Gasteiger partial charge in [0, 0.05) is 11.0 Å². The van der Waals surface area contributed by atoms with E-state index in [1.807, 2.05) is 18.2 Å². The average molecular weight is 304 g/mol. The molecule has 0 amide bonds. The van der Waals surface area contributed by atoms with Gasteiger partial charge < -0.3 is 0 Å². The Hall–Kier alpha value is -0.550. The molecule has 1 aromatic carbocycles. The Bertz CT molecular complexity index is 511. The van der Waals surface area contributed by atoms with Crippen LogP contribution in [0.1, 0.15) is 19.4 Å². The normalized spacial score (nSPS) is 15.6. The Labute approximate surface area is 105 Å². The smallest absolute Gasteiger partial charge is 0.237 e. The number of halogens is 1. The maximum Gasteiger partial charge on any atom is 0.237 e. The number of anilines is 1. The molecule has 1 aromatic rings. The second-order valence-electron chi connectivity index (χ2n) is 4.19. The topological polar surface area (TPSA) is 37.4 Å². The van der Waals surface area contributed by atoms with Crippen LogP contribution in [-0.4, -0.2) is 20.2 Å². The van der Waals surface area contributed by atoms with Gasteiger partial charge in [0.2, 0.25) is 10.0 Å². The Morgan fingerprint density at radius 3 is 2.69 bits per heavy atom. The lowest BCUT2D eigenvalue weighted by Gasteiger charge is -2.22. The Morgan fingerprint density at radius 1 is 1.38 bits per heavy atom. The maximum atomic E-state index is 12.1. The van der Waals surface area contributed by atoms with Gasteiger partial charge in [-0.15, -0.1) is 0 Å². The number of hydrogen-bond donors (Lipinski definition) is 0. The molecule has 88 valence electrons. The minimum atomic E-state index is -3.19. The van der Waals surface area contributed by atoms with Crippen molar-refractivity contribution < 1.29 is 8.42 Å². The van der Waals surface area contributed by atoms with E-state index in [0.717, 1.165) is 22.1 Å². The summed E-state index contributed by atoms with van der Waals surface area (Å²) in [6, 6.07) is 5.81. The van der Waals surface area contributed by atoms with Gasteiger partial charge in [0.25, 0.3) is 0 Å². The fraction of sp³-hybridized carbons (Fsp3) is 0.455. The van der Waals surface area contributed by atoms with Crippen LogP contribution in [0.25, 0.3) is 0 Å². The van der Waals surface area contributed by atoms with Crippen LogP contribution in [0.15, 0.2) is 22.7 Å². The molecule has 0 bridgehead atoms. The van der Waals surface area contributed by atoms with Crippen LogP contribution >= 0.6 is 15.9 Å². The van der Waals surface area contributed by atoms with Gasteiger partial charge in [-0.3, -0.25) is 4.31 Å². The summed E-state index contributed by atoms with van der Waals surface area (Å²) in [4.78, 5) is 0. The van der Waals surface area contributed by atoms with Crippen molar-refractivity contribution in [2.75, 3.05) is 10.8 Å². The lowest BCUT2D eigenvalue weighted by molar-refractivity contribution is 0.583. The number of sulfonamides is 1. The molecule has 2 rings (SSSR count). The Morgan fingerprint density at radius 2 is 2.06 bits per heavy atom. The molecule has 1 aliphatic heterocycles. The summed E-state index contributed by atoms with van der Waals surface area (Å²) in [7, 11) is -3.19. The fourth-order valence-electron chi connectivity index (χ4n) is 1.84. The van der Waals surface area contributed by atoms with E-state index in [0.29, 0.717) is 6.54 Å². The highest BCUT2D eigenvalue weighted by Crippen LogP contribution is 2.33. The molecule has 0 fully saturated rings. The summed E-state index contributed by atoms with van der Waals surface area (Å²) >= 11 is 3.37. The lowest BCUT2D eigenvalue weighted by Crippen LogP contribution is -2.34. The molecule has 16 heavy (non-hydrogen) atoms. The number of fused-ring (bicyclic) bond motifs is 1. The zero-order valence-electron chi connectivity index (χ0n) is 9.27. The quantitative estimate of drug-likeness (QED) is 0.842. The molecule has 3 nitrogen and oxygen atoms in total. The van der Waals surface area contributed by atoms with E-state index in [1.54, 1.807) is 13.8 Å². The molecular weight excluding hydrogens is 290 g/mol. The summed E-state index contributed by atoms with van der Waals surface area (Å²) < 4.78 is 26.7. The molecule has 0 unspecified atom stereocenters. The van der Waals surface area contributed by atoms with Crippen molar-refractivity contribution in [1.82, 2.24) is 0 Å². The molecule has 5 heteroatoms. The predicted octanol–water partition coefficient (Wildman–Crippen LogP) is 2.55. The summed E-state index contributed by atoms with van der Waals surface area (Å²) in [5.74, 6) is 0. The molecule has 1 heterocycles. The van der Waals surface area contributed by atoms with Crippen LogP contribution in [0.5, 0.6) is 0 Å². The minimum absolute atomic E-state index is 0.377. The van der Waals surface area contributed by atoms with Crippen molar-refractivity contribution in [1.29, 1.82) is 0 Å². The van der Waals surface area contributed by atoms with Crippen LogP contribution in [0.4, 0.5) is 5.69 Å². The first-order valence-electron chi connectivity index (χ1n) is 5.23. The van der Waals surface area contributed by atoms with Gasteiger partial charge in [-0.05, 0) is 38.0 Å². The van der Waals surface area contributed by atoms with E-state index in [1.165, 1.54) is 4.31 Å². The first-order chi connectivity index (χ1) is 7.43. The number of hydrogen-bond acceptors (Lipinski definition) is 2. The van der Waals surface area contributed by atoms with E-state index >= 15 is 0 Å². The van der Waals surface area contributed by atoms with Crippen LogP contribution in [-0.2, 0) is 16.4 Å². The third-order valence-corrected chi connectivity index (χ3v) is 5.48. The van der Waals surface area contributed by atoms with E-state index < -0.39 is 10.0 Å². The number of benzene rings is 1. The zero-order valence-corrected chi connectivity index (χ0v) is 11.7. The molecule has 0 saturated carbocycles. The van der Waals surface area contributed by atoms with Crippen LogP contribution < -0.4 is 4.31 Å². The summed E-state index contributed by atoms with van der Waals surface area (Å²) in [6.45, 7) is 3.99. The molecule has 0 saturated heterocycles. The van der Waals surface area contributed by atoms with Gasteiger partial charge in [-0.1, -0.05) is 22.0 Å². The first-order valence-corrected chi connectivity index (χ1v) is 7.52. The van der Waals surface area contributed by atoms with Crippen LogP contribution in [0, 0.1) is 0 Å². The summed E-state index contributed by atoms with van der Waals surface area (Å²) in [5.41, 5.74) is 1.93. The van der Waals surface area contributed by atoms with Gasteiger partial charge in [-0.25, -0.2) is 8.42 Å². The standard InChI is InChI=1S/C11H14BrNO2S/c1-8(2)16(14,15)13-6-5-9-3-4-10(12)7-11(9)13/h3-4,7-8H,5-6H2,1-2H3. The molecule has 0 aromatic heterocycles. The summed E-state index contributed by atoms with van der Waals surface area (Å²) in [6.07, 6.45) is 0.800. The molecule has 0 N–H and O–H groups in total. The SMILES string of the molecule is CC(C)S(=O)(=O)N1CCc2ccc(Br)cc21. The molecule has 1 aliphatic rings. The van der Waals surface area contributed by atoms with Crippen molar-refractivity contribution in [3.63, 3.8) is 0 Å². The summed E-state index contributed by atoms with van der Waals surface area (Å²) in [5, 5.41) is -0.377. The lowest BCUT2D eigenvalue weighted by atomic mass is 10.2. The molecule has 0 aliphatic carbocycles. The third-order valence-electron chi connectivity index (χ3n) is 2.80. The predicted molar refractivity (Wildman–Crippen MR) is 69.2 cm³/mol. The van der Waals surface area contributed by atoms with Crippen LogP contribution in [0.3, 0.4) is 0 Å². The highest BCUT2D eigenvalue weighted by atomic mass is 79.9. The van der Waals surface area contributed by atoms with Gasteiger partial charge in [0.15, 0.2) is 0 Å². The highest BCUT2D eigenvalue weighted by Gasteiger charge is 2.31. The Kier molecular flexibility index (Phi) is 3.01. The second-order valence-corrected chi connectivity index (χ2v) is 7.52. The molecule has 0 spiro atoms. The highest BCUT2D eigenvalue weighted by molar-refractivity contribution is 9.10. The van der Waals surface area contributed by atoms with Crippen molar-refractivity contribution in [2.45, 2.75) is 25.5 Å². The van der Waals surface area contributed by atoms with E-state index in [9.17, 15) is 8.42 Å². The van der Waals surface area contributed by atoms with Gasteiger partial charge in [-0.2, -0.15) is 0 Å². The fourth-order valence-corrected chi connectivity index (χ4v) is 3.49. The Balaban J connectivity index is 2.48. The maximum absolute atomic E-state index is 12.1. The largest absolute Gasteiger partial charge is 0.269 e. The molecule has 0 radical (unpaired) electrons. The van der Waals surface area contributed by atoms with E-state index in [-0.39, 0.29) is 5.25 Å². The van der Waals surface area contributed by atoms with Gasteiger partial charge in [0.1, 0.15) is 0 Å². The monoisotopic (exact) mass is 303 g/mol. The number of rotatable bonds is 2. The van der Waals surface area contributed by atoms with Crippen molar-refractivity contribution in [2.24, 2.45) is 0 Å². The van der Waals surface area contributed by atoms with Crippen molar-refractivity contribution in [3.8, 4) is 0 Å². The first kappa shape index (κ1) is 11.9. The van der Waals surface area contributed by atoms with Crippen molar-refractivity contribution in [3.05, 3.63) is 28.2 Å². The zero-order chi connectivity index (χ0) is 11.9. The molecule has 0 atom stereocenters. The van der Waals surface area contributed by atoms with Crippen LogP contribution in [0.2, 0.25) is 0 Å². The van der Waals surface area contributed by atoms with Gasteiger partial charge >= 0.3 is 0 Å². The van der Waals surface area contributed by atoms with Gasteiger partial charge in [0.05, 0.1) is 10.9 Å². The van der Waals surface area contributed by atoms with E-state index in [2.05, 4.69) is 15.9 Å². The second kappa shape index (κ2) is 4.04. The van der Waals surface area contributed by atoms with E-state index in [4.69, 9.17) is 0 Å². The number of nitrogens with zero attached hydrogens (tertiary/aromatic N) is 1. The third kappa shape index (κ3) is 1.86. The van der Waals surface area contributed by atoms with Crippen molar-refractivity contribution >= 4 is 31.6 Å². The minimum Gasteiger partial charge on any atom is -0.269 e.